The van der Waals surface area contributed by atoms with Gasteiger partial charge in [-0.2, -0.15) is 31.6 Å². The Morgan fingerprint density at radius 3 is 2.19 bits per heavy atom. The van der Waals surface area contributed by atoms with Crippen molar-refractivity contribution >= 4 is 17.8 Å². The fourth-order valence-electron chi connectivity index (χ4n) is 8.82. The molecule has 0 bridgehead atoms. The smallest absolute Gasteiger partial charge is 0.418 e. The van der Waals surface area contributed by atoms with E-state index in [2.05, 4.69) is 11.1 Å². The molecule has 2 aliphatic heterocycles. The number of amides is 2. The molecule has 1 aromatic heterocycles. The number of benzene rings is 2. The number of hydrogen-bond donors (Lipinski definition) is 1. The molecule has 16 heteroatoms. The number of nitriles is 1. The molecule has 1 N–H and O–H groups in total. The summed E-state index contributed by atoms with van der Waals surface area (Å²) in [4.78, 5) is 47.5. The van der Waals surface area contributed by atoms with E-state index in [9.17, 15) is 46.3 Å². The van der Waals surface area contributed by atoms with Crippen molar-refractivity contribution in [1.82, 2.24) is 14.8 Å². The third kappa shape index (κ3) is 8.70. The van der Waals surface area contributed by atoms with Crippen molar-refractivity contribution < 1.29 is 55.3 Å². The Morgan fingerprint density at radius 1 is 0.898 bits per heavy atom. The van der Waals surface area contributed by atoms with Gasteiger partial charge in [0.25, 0.3) is 11.8 Å². The van der Waals surface area contributed by atoms with Gasteiger partial charge < -0.3 is 24.4 Å². The summed E-state index contributed by atoms with van der Waals surface area (Å²) in [5.74, 6) is -2.11. The van der Waals surface area contributed by atoms with E-state index < -0.39 is 69.4 Å². The van der Waals surface area contributed by atoms with Crippen LogP contribution in [-0.4, -0.2) is 75.6 Å². The predicted octanol–water partition coefficient (Wildman–Crippen LogP) is 8.84. The highest BCUT2D eigenvalue weighted by atomic mass is 19.4. The van der Waals surface area contributed by atoms with Crippen LogP contribution >= 0.6 is 0 Å². The number of likely N-dealkylation sites (tertiary alicyclic amines) is 2. The number of carboxylic acids is 1. The van der Waals surface area contributed by atoms with E-state index in [4.69, 9.17) is 9.47 Å². The minimum Gasteiger partial charge on any atom is -0.493 e. The topological polar surface area (TPSA) is 133 Å². The molecule has 3 fully saturated rings. The van der Waals surface area contributed by atoms with Crippen molar-refractivity contribution in [2.45, 2.75) is 107 Å². The standard InChI is InChI=1S/C43H46F6N4O6/c1-2-9-34-41(59-30-15-13-29(14-16-30)42(44,45)46,20-7-24-53(34)36(54)35-32(43(47,48)49)11-5-23-51-35)37(55)52-25-21-40(28-50,22-26-52)31-10-3-4-12-33(31)58-27-8-19-39(38(56)57)17-6-18-39/h3-5,10-16,23,34H,2,6-9,17-22,24-27H2,1H3,(H,56,57). The van der Waals surface area contributed by atoms with Gasteiger partial charge in [0.15, 0.2) is 0 Å². The number of aliphatic carboxylic acids is 1. The highest BCUT2D eigenvalue weighted by molar-refractivity contribution is 5.96. The van der Waals surface area contributed by atoms with Gasteiger partial charge in [-0.1, -0.05) is 38.0 Å². The van der Waals surface area contributed by atoms with Crippen LogP contribution in [0, 0.1) is 16.7 Å². The summed E-state index contributed by atoms with van der Waals surface area (Å²) in [7, 11) is 0. The molecule has 2 atom stereocenters. The van der Waals surface area contributed by atoms with Crippen molar-refractivity contribution in [3.8, 4) is 17.6 Å². The SMILES string of the molecule is CCCC1N(C(=O)c2ncccc2C(F)(F)F)CCCC1(Oc1ccc(C(F)(F)F)cc1)C(=O)N1CCC(C#N)(c2ccccc2OCCCC2(C(=O)O)CCC2)CC1. The molecule has 2 aromatic carbocycles. The molecular formula is C43H46F6N4O6. The number of pyridine rings is 1. The van der Waals surface area contributed by atoms with Crippen LogP contribution in [0.15, 0.2) is 66.9 Å². The molecule has 0 radical (unpaired) electrons. The zero-order chi connectivity index (χ0) is 42.6. The molecule has 59 heavy (non-hydrogen) atoms. The average Bonchev–Trinajstić information content (AvgIpc) is 3.20. The van der Waals surface area contributed by atoms with Crippen molar-refractivity contribution in [3.63, 3.8) is 0 Å². The van der Waals surface area contributed by atoms with Crippen molar-refractivity contribution in [1.29, 1.82) is 5.26 Å². The molecule has 3 aliphatic rings. The molecule has 2 saturated heterocycles. The lowest BCUT2D eigenvalue weighted by Crippen LogP contribution is -2.68. The first-order chi connectivity index (χ1) is 28.0. The number of piperidine rings is 2. The van der Waals surface area contributed by atoms with E-state index >= 15 is 4.79 Å². The second-order valence-corrected chi connectivity index (χ2v) is 15.7. The Morgan fingerprint density at radius 2 is 1.59 bits per heavy atom. The Kier molecular flexibility index (Phi) is 12.5. The van der Waals surface area contributed by atoms with Crippen LogP contribution in [0.4, 0.5) is 26.3 Å². The van der Waals surface area contributed by atoms with Crippen LogP contribution in [0.2, 0.25) is 0 Å². The second-order valence-electron chi connectivity index (χ2n) is 15.7. The second kappa shape index (κ2) is 17.1. The largest absolute Gasteiger partial charge is 0.493 e. The number of carboxylic acid groups (broad SMARTS) is 1. The molecule has 2 amide bonds. The van der Waals surface area contributed by atoms with E-state index in [1.807, 2.05) is 0 Å². The van der Waals surface area contributed by atoms with E-state index in [0.29, 0.717) is 43.4 Å². The molecule has 2 unspecified atom stereocenters. The number of hydrogen-bond acceptors (Lipinski definition) is 7. The molecule has 3 heterocycles. The van der Waals surface area contributed by atoms with Gasteiger partial charge in [0.1, 0.15) is 17.2 Å². The number of carbonyl (C=O) groups is 3. The van der Waals surface area contributed by atoms with Gasteiger partial charge in [-0.25, -0.2) is 0 Å². The van der Waals surface area contributed by atoms with Gasteiger partial charge in [0, 0.05) is 37.8 Å². The number of para-hydroxylation sites is 1. The molecule has 6 rings (SSSR count). The summed E-state index contributed by atoms with van der Waals surface area (Å²) < 4.78 is 95.6. The number of rotatable bonds is 13. The minimum atomic E-state index is -4.91. The monoisotopic (exact) mass is 828 g/mol. The molecule has 1 aliphatic carbocycles. The van der Waals surface area contributed by atoms with Crippen LogP contribution < -0.4 is 9.47 Å². The summed E-state index contributed by atoms with van der Waals surface area (Å²) >= 11 is 0. The van der Waals surface area contributed by atoms with E-state index in [0.717, 1.165) is 49.0 Å². The van der Waals surface area contributed by atoms with Crippen LogP contribution in [0.3, 0.4) is 0 Å². The van der Waals surface area contributed by atoms with Gasteiger partial charge in [-0.05, 0) is 93.8 Å². The van der Waals surface area contributed by atoms with Gasteiger partial charge in [-0.3, -0.25) is 19.4 Å². The Bertz CT molecular complexity index is 2040. The van der Waals surface area contributed by atoms with Gasteiger partial charge >= 0.3 is 18.3 Å². The lowest BCUT2D eigenvalue weighted by molar-refractivity contribution is -0.161. The predicted molar refractivity (Wildman–Crippen MR) is 201 cm³/mol. The molecule has 1 saturated carbocycles. The molecular weight excluding hydrogens is 782 g/mol. The number of nitrogens with zero attached hydrogens (tertiary/aromatic N) is 4. The maximum atomic E-state index is 15.1. The first-order valence-corrected chi connectivity index (χ1v) is 19.9. The third-order valence-electron chi connectivity index (χ3n) is 12.2. The van der Waals surface area contributed by atoms with E-state index in [-0.39, 0.29) is 64.1 Å². The maximum Gasteiger partial charge on any atom is 0.418 e. The number of carbonyl (C=O) groups excluding carboxylic acids is 2. The quantitative estimate of drug-likeness (QED) is 0.134. The van der Waals surface area contributed by atoms with Crippen LogP contribution in [0.5, 0.6) is 11.5 Å². The molecule has 0 spiro atoms. The van der Waals surface area contributed by atoms with Crippen molar-refractivity contribution in [2.75, 3.05) is 26.2 Å². The number of ether oxygens (including phenoxy) is 2. The highest BCUT2D eigenvalue weighted by Gasteiger charge is 2.57. The van der Waals surface area contributed by atoms with Crippen LogP contribution in [0.25, 0.3) is 0 Å². The number of halogens is 6. The van der Waals surface area contributed by atoms with Gasteiger partial charge in [0.2, 0.25) is 5.60 Å². The lowest BCUT2D eigenvalue weighted by Gasteiger charge is -2.51. The third-order valence-corrected chi connectivity index (χ3v) is 12.2. The fraction of sp³-hybridized carbons (Fsp3) is 0.512. The minimum absolute atomic E-state index is 0.00458. The van der Waals surface area contributed by atoms with Gasteiger partial charge in [-0.15, -0.1) is 0 Å². The van der Waals surface area contributed by atoms with E-state index in [1.54, 1.807) is 31.2 Å². The average molecular weight is 829 g/mol. The number of aromatic nitrogens is 1. The van der Waals surface area contributed by atoms with Crippen LogP contribution in [0.1, 0.15) is 105 Å². The summed E-state index contributed by atoms with van der Waals surface area (Å²) in [6, 6.07) is 13.9. The maximum absolute atomic E-state index is 15.1. The summed E-state index contributed by atoms with van der Waals surface area (Å²) in [5.41, 5.74) is -6.21. The molecule has 3 aromatic rings. The normalized spacial score (nSPS) is 21.5. The zero-order valence-corrected chi connectivity index (χ0v) is 32.6. The Balaban J connectivity index is 1.29. The Labute approximate surface area is 338 Å². The van der Waals surface area contributed by atoms with E-state index in [1.165, 1.54) is 9.80 Å². The van der Waals surface area contributed by atoms with Crippen molar-refractivity contribution in [3.05, 3.63) is 89.2 Å². The summed E-state index contributed by atoms with van der Waals surface area (Å²) in [6.45, 7) is 2.04. The van der Waals surface area contributed by atoms with Crippen molar-refractivity contribution in [2.24, 2.45) is 5.41 Å². The first-order valence-electron chi connectivity index (χ1n) is 19.9. The van der Waals surface area contributed by atoms with Crippen LogP contribution in [-0.2, 0) is 27.4 Å². The number of alkyl halides is 6. The highest BCUT2D eigenvalue weighted by Crippen LogP contribution is 2.46. The molecule has 316 valence electrons. The summed E-state index contributed by atoms with van der Waals surface area (Å²) in [5, 5.41) is 20.4. The summed E-state index contributed by atoms with van der Waals surface area (Å²) in [6.07, 6.45) is -4.55. The molecule has 10 nitrogen and oxygen atoms in total. The zero-order valence-electron chi connectivity index (χ0n) is 32.6. The lowest BCUT2D eigenvalue weighted by atomic mass is 9.66. The fourth-order valence-corrected chi connectivity index (χ4v) is 8.82. The Hall–Kier alpha value is -5.33. The van der Waals surface area contributed by atoms with Gasteiger partial charge in [0.05, 0.1) is 40.7 Å². The first kappa shape index (κ1) is 43.3.